The predicted octanol–water partition coefficient (Wildman–Crippen LogP) is 3.10. The predicted molar refractivity (Wildman–Crippen MR) is 64.2 cm³/mol. The molecule has 1 heterocycles. The van der Waals surface area contributed by atoms with Crippen LogP contribution in [0, 0.1) is 20.8 Å². The first-order valence-electron chi connectivity index (χ1n) is 4.45. The molecule has 1 aromatic carbocycles. The first-order valence-corrected chi connectivity index (χ1v) is 4.45. The van der Waals surface area contributed by atoms with Crippen LogP contribution in [0.25, 0.3) is 10.9 Å². The Morgan fingerprint density at radius 2 is 1.71 bits per heavy atom. The Bertz CT molecular complexity index is 472. The maximum absolute atomic E-state index is 5.85. The number of nitrogens with one attached hydrogen (secondary N) is 1. The summed E-state index contributed by atoms with van der Waals surface area (Å²) in [5.41, 5.74) is 11.6. The van der Waals surface area contributed by atoms with Gasteiger partial charge in [-0.15, -0.1) is 12.4 Å². The second-order valence-corrected chi connectivity index (χ2v) is 3.58. The van der Waals surface area contributed by atoms with E-state index >= 15 is 0 Å². The van der Waals surface area contributed by atoms with Gasteiger partial charge in [-0.2, -0.15) is 0 Å². The van der Waals surface area contributed by atoms with Crippen LogP contribution in [0.3, 0.4) is 0 Å². The number of nitrogen functional groups attached to an aromatic ring is 1. The molecule has 0 bridgehead atoms. The average molecular weight is 211 g/mol. The Morgan fingerprint density at radius 3 is 2.36 bits per heavy atom. The molecule has 2 rings (SSSR count). The number of aryl methyl sites for hydroxylation is 3. The zero-order valence-electron chi connectivity index (χ0n) is 8.64. The highest BCUT2D eigenvalue weighted by atomic mass is 35.5. The molecule has 76 valence electrons. The lowest BCUT2D eigenvalue weighted by atomic mass is 10.1. The third-order valence-corrected chi connectivity index (χ3v) is 2.77. The van der Waals surface area contributed by atoms with Crippen molar-refractivity contribution in [1.82, 2.24) is 4.98 Å². The van der Waals surface area contributed by atoms with Crippen molar-refractivity contribution in [1.29, 1.82) is 0 Å². The van der Waals surface area contributed by atoms with Crippen LogP contribution in [0.1, 0.15) is 16.8 Å². The van der Waals surface area contributed by atoms with E-state index in [4.69, 9.17) is 5.73 Å². The highest BCUT2D eigenvalue weighted by Crippen LogP contribution is 2.27. The standard InChI is InChI=1S/C11H14N2.ClH/c1-6-8(3)13-10-5-4-9(12)7(2)11(6)10;/h4-5,13H,12H2,1-3H3;1H. The van der Waals surface area contributed by atoms with E-state index in [9.17, 15) is 0 Å². The highest BCUT2D eigenvalue weighted by Gasteiger charge is 2.07. The Balaban J connectivity index is 0.000000980. The summed E-state index contributed by atoms with van der Waals surface area (Å²) in [5, 5.41) is 1.28. The van der Waals surface area contributed by atoms with Gasteiger partial charge in [0.15, 0.2) is 0 Å². The number of halogens is 1. The minimum Gasteiger partial charge on any atom is -0.398 e. The first-order chi connectivity index (χ1) is 6.11. The number of benzene rings is 1. The lowest BCUT2D eigenvalue weighted by Gasteiger charge is -2.01. The van der Waals surface area contributed by atoms with E-state index < -0.39 is 0 Å². The van der Waals surface area contributed by atoms with Gasteiger partial charge in [0.25, 0.3) is 0 Å². The third kappa shape index (κ3) is 1.36. The van der Waals surface area contributed by atoms with E-state index in [0.29, 0.717) is 0 Å². The number of anilines is 1. The molecular formula is C11H15ClN2. The van der Waals surface area contributed by atoms with Gasteiger partial charge in [0, 0.05) is 22.3 Å². The molecule has 3 heteroatoms. The first kappa shape index (κ1) is 10.9. The maximum Gasteiger partial charge on any atom is 0.0462 e. The SMILES string of the molecule is Cc1[nH]c2ccc(N)c(C)c2c1C.Cl. The van der Waals surface area contributed by atoms with Gasteiger partial charge in [-0.1, -0.05) is 0 Å². The summed E-state index contributed by atoms with van der Waals surface area (Å²) in [6, 6.07) is 3.99. The Kier molecular flexibility index (Phi) is 2.76. The number of nitrogens with two attached hydrogens (primary N) is 1. The zero-order valence-corrected chi connectivity index (χ0v) is 9.46. The topological polar surface area (TPSA) is 41.8 Å². The number of H-pyrrole nitrogens is 1. The molecule has 14 heavy (non-hydrogen) atoms. The monoisotopic (exact) mass is 210 g/mol. The van der Waals surface area contributed by atoms with Crippen molar-refractivity contribution in [2.24, 2.45) is 0 Å². The van der Waals surface area contributed by atoms with E-state index in [0.717, 1.165) is 5.69 Å². The van der Waals surface area contributed by atoms with Crippen molar-refractivity contribution >= 4 is 29.0 Å². The molecule has 0 aliphatic heterocycles. The van der Waals surface area contributed by atoms with Crippen molar-refractivity contribution in [2.45, 2.75) is 20.8 Å². The second-order valence-electron chi connectivity index (χ2n) is 3.58. The van der Waals surface area contributed by atoms with Gasteiger partial charge in [-0.3, -0.25) is 0 Å². The fourth-order valence-electron chi connectivity index (χ4n) is 1.80. The fourth-order valence-corrected chi connectivity index (χ4v) is 1.80. The molecule has 0 fully saturated rings. The molecule has 0 saturated carbocycles. The minimum absolute atomic E-state index is 0. The molecule has 0 amide bonds. The normalized spacial score (nSPS) is 10.2. The molecule has 0 radical (unpaired) electrons. The summed E-state index contributed by atoms with van der Waals surface area (Å²) in [6.07, 6.45) is 0. The molecule has 2 nitrogen and oxygen atoms in total. The highest BCUT2D eigenvalue weighted by molar-refractivity contribution is 5.91. The summed E-state index contributed by atoms with van der Waals surface area (Å²) in [4.78, 5) is 3.34. The molecule has 0 atom stereocenters. The average Bonchev–Trinajstić information content (AvgIpc) is 2.37. The second kappa shape index (κ2) is 3.54. The number of aromatic nitrogens is 1. The lowest BCUT2D eigenvalue weighted by molar-refractivity contribution is 1.25. The van der Waals surface area contributed by atoms with Gasteiger partial charge in [0.2, 0.25) is 0 Å². The molecule has 1 aromatic heterocycles. The van der Waals surface area contributed by atoms with Gasteiger partial charge in [0.05, 0.1) is 0 Å². The van der Waals surface area contributed by atoms with Gasteiger partial charge in [-0.25, -0.2) is 0 Å². The van der Waals surface area contributed by atoms with Crippen molar-refractivity contribution in [2.75, 3.05) is 5.73 Å². The molecular weight excluding hydrogens is 196 g/mol. The van der Waals surface area contributed by atoms with Crippen molar-refractivity contribution in [3.8, 4) is 0 Å². The maximum atomic E-state index is 5.85. The van der Waals surface area contributed by atoms with Crippen LogP contribution in [-0.4, -0.2) is 4.98 Å². The Morgan fingerprint density at radius 1 is 1.07 bits per heavy atom. The van der Waals surface area contributed by atoms with Crippen LogP contribution in [0.5, 0.6) is 0 Å². The number of hydrogen-bond donors (Lipinski definition) is 2. The summed E-state index contributed by atoms with van der Waals surface area (Å²) >= 11 is 0. The van der Waals surface area contributed by atoms with E-state index in [2.05, 4.69) is 25.8 Å². The largest absolute Gasteiger partial charge is 0.398 e. The Hall–Kier alpha value is -1.15. The van der Waals surface area contributed by atoms with Crippen LogP contribution in [-0.2, 0) is 0 Å². The van der Waals surface area contributed by atoms with Gasteiger partial charge < -0.3 is 10.7 Å². The van der Waals surface area contributed by atoms with Crippen molar-refractivity contribution in [3.05, 3.63) is 29.0 Å². The third-order valence-electron chi connectivity index (χ3n) is 2.77. The van der Waals surface area contributed by atoms with Gasteiger partial charge in [0.1, 0.15) is 0 Å². The molecule has 0 aliphatic rings. The summed E-state index contributed by atoms with van der Waals surface area (Å²) in [7, 11) is 0. The smallest absolute Gasteiger partial charge is 0.0462 e. The number of aromatic amines is 1. The molecule has 0 unspecified atom stereocenters. The van der Waals surface area contributed by atoms with Gasteiger partial charge in [-0.05, 0) is 44.0 Å². The van der Waals surface area contributed by atoms with Crippen LogP contribution in [0.15, 0.2) is 12.1 Å². The van der Waals surface area contributed by atoms with E-state index in [1.807, 2.05) is 12.1 Å². The molecule has 0 spiro atoms. The summed E-state index contributed by atoms with van der Waals surface area (Å²) in [5.74, 6) is 0. The lowest BCUT2D eigenvalue weighted by Crippen LogP contribution is -1.89. The molecule has 3 N–H and O–H groups in total. The van der Waals surface area contributed by atoms with Crippen LogP contribution < -0.4 is 5.73 Å². The summed E-state index contributed by atoms with van der Waals surface area (Å²) < 4.78 is 0. The number of rotatable bonds is 0. The van der Waals surface area contributed by atoms with Crippen molar-refractivity contribution in [3.63, 3.8) is 0 Å². The molecule has 0 saturated heterocycles. The van der Waals surface area contributed by atoms with Crippen LogP contribution in [0.4, 0.5) is 5.69 Å². The fraction of sp³-hybridized carbons (Fsp3) is 0.273. The van der Waals surface area contributed by atoms with Gasteiger partial charge >= 0.3 is 0 Å². The Labute approximate surface area is 89.9 Å². The molecule has 2 aromatic rings. The number of fused-ring (bicyclic) bond motifs is 1. The zero-order chi connectivity index (χ0) is 9.59. The van der Waals surface area contributed by atoms with E-state index in [1.54, 1.807) is 0 Å². The van der Waals surface area contributed by atoms with Crippen molar-refractivity contribution < 1.29 is 0 Å². The number of hydrogen-bond acceptors (Lipinski definition) is 1. The van der Waals surface area contributed by atoms with Crippen LogP contribution >= 0.6 is 12.4 Å². The van der Waals surface area contributed by atoms with E-state index in [-0.39, 0.29) is 12.4 Å². The minimum atomic E-state index is 0. The quantitative estimate of drug-likeness (QED) is 0.645. The van der Waals surface area contributed by atoms with Crippen LogP contribution in [0.2, 0.25) is 0 Å². The summed E-state index contributed by atoms with van der Waals surface area (Å²) in [6.45, 7) is 6.28. The molecule has 0 aliphatic carbocycles. The van der Waals surface area contributed by atoms with E-state index in [1.165, 1.54) is 27.7 Å².